The van der Waals surface area contributed by atoms with E-state index in [4.69, 9.17) is 23.2 Å². The van der Waals surface area contributed by atoms with E-state index in [1.165, 1.54) is 47.4 Å². The molecule has 1 aliphatic heterocycles. The van der Waals surface area contributed by atoms with Crippen LogP contribution in [0.1, 0.15) is 47.0 Å². The normalized spacial score (nSPS) is 13.2. The summed E-state index contributed by atoms with van der Waals surface area (Å²) in [5.41, 5.74) is 1.37. The zero-order valence-corrected chi connectivity index (χ0v) is 21.7. The number of amides is 4. The predicted octanol–water partition coefficient (Wildman–Crippen LogP) is 3.92. The first-order valence-electron chi connectivity index (χ1n) is 11.3. The van der Waals surface area contributed by atoms with E-state index in [0.717, 1.165) is 4.90 Å². The number of anilines is 1. The van der Waals surface area contributed by atoms with E-state index in [-0.39, 0.29) is 50.3 Å². The summed E-state index contributed by atoms with van der Waals surface area (Å²) in [5, 5.41) is 12.3. The van der Waals surface area contributed by atoms with Crippen molar-refractivity contribution in [2.24, 2.45) is 0 Å². The Bertz CT molecular complexity index is 1470. The van der Waals surface area contributed by atoms with Crippen LogP contribution in [0.4, 0.5) is 5.69 Å². The van der Waals surface area contributed by atoms with Crippen molar-refractivity contribution in [2.75, 3.05) is 19.0 Å². The van der Waals surface area contributed by atoms with E-state index in [1.807, 2.05) is 0 Å². The Morgan fingerprint density at radius 2 is 1.53 bits per heavy atom. The molecule has 1 atom stereocenters. The van der Waals surface area contributed by atoms with Crippen molar-refractivity contribution in [2.45, 2.75) is 12.5 Å². The van der Waals surface area contributed by atoms with Crippen LogP contribution in [-0.2, 0) is 11.2 Å². The van der Waals surface area contributed by atoms with Crippen LogP contribution in [0.5, 0.6) is 0 Å². The van der Waals surface area contributed by atoms with E-state index in [9.17, 15) is 29.1 Å². The second kappa shape index (κ2) is 10.6. The molecule has 1 aliphatic rings. The lowest BCUT2D eigenvalue weighted by Crippen LogP contribution is -2.42. The smallest absolute Gasteiger partial charge is 0.326 e. The highest BCUT2D eigenvalue weighted by Crippen LogP contribution is 2.30. The highest BCUT2D eigenvalue weighted by Gasteiger charge is 2.37. The van der Waals surface area contributed by atoms with Gasteiger partial charge in [-0.1, -0.05) is 41.4 Å². The third-order valence-electron chi connectivity index (χ3n) is 5.97. The Morgan fingerprint density at radius 1 is 0.921 bits per heavy atom. The lowest BCUT2D eigenvalue weighted by Gasteiger charge is -2.17. The number of carbonyl (C=O) groups is 5. The number of nitrogens with one attached hydrogen (secondary N) is 1. The number of carbonyl (C=O) groups excluding carboxylic acids is 4. The fourth-order valence-electron chi connectivity index (χ4n) is 4.03. The number of hydrogen-bond donors (Lipinski definition) is 2. The second-order valence-electron chi connectivity index (χ2n) is 8.74. The number of carboxylic acids is 1. The van der Waals surface area contributed by atoms with Crippen molar-refractivity contribution in [3.8, 4) is 0 Å². The maximum Gasteiger partial charge on any atom is 0.326 e. The molecule has 0 fully saturated rings. The topological polar surface area (TPSA) is 124 Å². The Balaban J connectivity index is 1.52. The van der Waals surface area contributed by atoms with Gasteiger partial charge in [-0.05, 0) is 48.0 Å². The molecule has 0 bridgehead atoms. The van der Waals surface area contributed by atoms with Gasteiger partial charge in [0.1, 0.15) is 6.04 Å². The summed E-state index contributed by atoms with van der Waals surface area (Å²) in [6, 6.07) is 13.7. The number of rotatable bonds is 7. The molecule has 0 radical (unpaired) electrons. The molecule has 0 aliphatic carbocycles. The van der Waals surface area contributed by atoms with Crippen molar-refractivity contribution in [3.05, 3.63) is 98.5 Å². The average molecular weight is 554 g/mol. The molecule has 38 heavy (non-hydrogen) atoms. The van der Waals surface area contributed by atoms with Crippen LogP contribution >= 0.6 is 23.2 Å². The summed E-state index contributed by atoms with van der Waals surface area (Å²) in [7, 11) is 3.17. The number of carboxylic acid groups (broad SMARTS) is 1. The van der Waals surface area contributed by atoms with E-state index in [2.05, 4.69) is 5.32 Å². The van der Waals surface area contributed by atoms with Gasteiger partial charge in [-0.25, -0.2) is 9.69 Å². The standard InChI is InChI=1S/C27H21Cl2N3O6/c1-31(2)24(34)15-8-11-17-18(13-15)26(36)32(25(17)35)16-9-6-14(7-10-16)12-21(27(37)38)30-23(33)22-19(28)4-3-5-20(22)29/h3-11,13,21H,12H2,1-2H3,(H,30,33)(H,37,38)/t21-/m0/s1. The van der Waals surface area contributed by atoms with Crippen LogP contribution in [0.3, 0.4) is 0 Å². The van der Waals surface area contributed by atoms with Gasteiger partial charge in [0.05, 0.1) is 32.4 Å². The van der Waals surface area contributed by atoms with Crippen molar-refractivity contribution in [1.82, 2.24) is 10.2 Å². The molecule has 0 aromatic heterocycles. The predicted molar refractivity (Wildman–Crippen MR) is 141 cm³/mol. The van der Waals surface area contributed by atoms with Crippen LogP contribution < -0.4 is 10.2 Å². The van der Waals surface area contributed by atoms with Crippen LogP contribution in [0.2, 0.25) is 10.0 Å². The molecular formula is C27H21Cl2N3O6. The molecule has 3 aromatic rings. The number of hydrogen-bond acceptors (Lipinski definition) is 5. The fraction of sp³-hybridized carbons (Fsp3) is 0.148. The van der Waals surface area contributed by atoms with Gasteiger partial charge in [-0.15, -0.1) is 0 Å². The highest BCUT2D eigenvalue weighted by molar-refractivity contribution is 6.39. The first kappa shape index (κ1) is 26.8. The molecule has 2 N–H and O–H groups in total. The SMILES string of the molecule is CN(C)C(=O)c1ccc2c(c1)C(=O)N(c1ccc(C[C@H](NC(=O)c3c(Cl)cccc3Cl)C(=O)O)cc1)C2=O. The van der Waals surface area contributed by atoms with Gasteiger partial charge < -0.3 is 15.3 Å². The monoisotopic (exact) mass is 553 g/mol. The van der Waals surface area contributed by atoms with E-state index in [1.54, 1.807) is 32.3 Å². The molecule has 3 aromatic carbocycles. The summed E-state index contributed by atoms with van der Waals surface area (Å²) >= 11 is 12.1. The highest BCUT2D eigenvalue weighted by atomic mass is 35.5. The van der Waals surface area contributed by atoms with Gasteiger partial charge >= 0.3 is 5.97 Å². The van der Waals surface area contributed by atoms with Gasteiger partial charge in [-0.2, -0.15) is 0 Å². The second-order valence-corrected chi connectivity index (χ2v) is 9.55. The summed E-state index contributed by atoms with van der Waals surface area (Å²) < 4.78 is 0. The van der Waals surface area contributed by atoms with E-state index < -0.39 is 29.7 Å². The molecule has 4 amide bonds. The number of aliphatic carboxylic acids is 1. The minimum absolute atomic E-state index is 0.0292. The molecule has 9 nitrogen and oxygen atoms in total. The van der Waals surface area contributed by atoms with Gasteiger partial charge in [0.2, 0.25) is 0 Å². The number of imide groups is 1. The Hall–Kier alpha value is -4.21. The lowest BCUT2D eigenvalue weighted by molar-refractivity contribution is -0.139. The first-order valence-corrected chi connectivity index (χ1v) is 12.1. The molecule has 4 rings (SSSR count). The molecule has 0 saturated carbocycles. The maximum absolute atomic E-state index is 13.0. The molecule has 0 spiro atoms. The molecule has 194 valence electrons. The summed E-state index contributed by atoms with van der Waals surface area (Å²) in [5.74, 6) is -3.41. The van der Waals surface area contributed by atoms with Crippen molar-refractivity contribution in [3.63, 3.8) is 0 Å². The first-order chi connectivity index (χ1) is 18.0. The van der Waals surface area contributed by atoms with E-state index in [0.29, 0.717) is 5.56 Å². The van der Waals surface area contributed by atoms with Gasteiger partial charge in [0.25, 0.3) is 23.6 Å². The van der Waals surface area contributed by atoms with Gasteiger partial charge in [-0.3, -0.25) is 19.2 Å². The molecule has 0 saturated heterocycles. The zero-order chi connectivity index (χ0) is 27.7. The minimum Gasteiger partial charge on any atom is -0.480 e. The molecule has 11 heteroatoms. The summed E-state index contributed by atoms with van der Waals surface area (Å²) in [6.45, 7) is 0. The quantitative estimate of drug-likeness (QED) is 0.427. The van der Waals surface area contributed by atoms with Crippen molar-refractivity contribution >= 4 is 58.5 Å². The van der Waals surface area contributed by atoms with Crippen LogP contribution in [0.25, 0.3) is 0 Å². The van der Waals surface area contributed by atoms with Crippen LogP contribution in [-0.4, -0.2) is 59.7 Å². The third kappa shape index (κ3) is 5.11. The van der Waals surface area contributed by atoms with Crippen LogP contribution in [0, 0.1) is 0 Å². The Kier molecular flexibility index (Phi) is 7.52. The number of fused-ring (bicyclic) bond motifs is 1. The van der Waals surface area contributed by atoms with Crippen molar-refractivity contribution in [1.29, 1.82) is 0 Å². The van der Waals surface area contributed by atoms with Gasteiger partial charge in [0.15, 0.2) is 0 Å². The lowest BCUT2D eigenvalue weighted by atomic mass is 10.0. The summed E-state index contributed by atoms with van der Waals surface area (Å²) in [4.78, 5) is 65.1. The van der Waals surface area contributed by atoms with Crippen molar-refractivity contribution < 1.29 is 29.1 Å². The largest absolute Gasteiger partial charge is 0.480 e. The number of halogens is 2. The maximum atomic E-state index is 13.0. The fourth-order valence-corrected chi connectivity index (χ4v) is 4.60. The molecular weight excluding hydrogens is 533 g/mol. The molecule has 0 unspecified atom stereocenters. The minimum atomic E-state index is -1.30. The van der Waals surface area contributed by atoms with E-state index >= 15 is 0 Å². The number of benzene rings is 3. The number of nitrogens with zero attached hydrogens (tertiary/aromatic N) is 2. The zero-order valence-electron chi connectivity index (χ0n) is 20.2. The molecule has 1 heterocycles. The summed E-state index contributed by atoms with van der Waals surface area (Å²) in [6.07, 6.45) is -0.0818. The van der Waals surface area contributed by atoms with Crippen LogP contribution in [0.15, 0.2) is 60.7 Å². The Morgan fingerprint density at radius 3 is 2.11 bits per heavy atom. The average Bonchev–Trinajstić information content (AvgIpc) is 3.12. The van der Waals surface area contributed by atoms with Gasteiger partial charge in [0, 0.05) is 26.1 Å². The Labute approximate surface area is 227 Å². The third-order valence-corrected chi connectivity index (χ3v) is 6.60.